The van der Waals surface area contributed by atoms with E-state index in [9.17, 15) is 17.0 Å². The average molecular weight is 950 g/mol. The third-order valence-corrected chi connectivity index (χ3v) is 37.0. The van der Waals surface area contributed by atoms with E-state index in [1.54, 1.807) is 0 Å². The number of hydrogen-bond acceptors (Lipinski definition) is 0. The van der Waals surface area contributed by atoms with Crippen molar-refractivity contribution in [2.24, 2.45) is 11.8 Å². The van der Waals surface area contributed by atoms with Crippen molar-refractivity contribution < 1.29 is 16.4 Å². The Morgan fingerprint density at radius 3 is 1.48 bits per heavy atom. The Hall–Kier alpha value is -3.52. The SMILES string of the molecule is CCCCc1ccc2c(c1-c1ccccc1)C=C(CC(C)C)[CH]2[Zr]([Cl])([Cl])([c]1cccc2c1[SiH2]c1ccccc1-2)[CH]1C(CC(C)C)=Cc2c1ccc(CCCC)c2-c1ccccc1. The van der Waals surface area contributed by atoms with E-state index in [-0.39, 0.29) is 7.25 Å². The third-order valence-electron chi connectivity index (χ3n) is 14.2. The van der Waals surface area contributed by atoms with Gasteiger partial charge in [0.2, 0.25) is 0 Å². The number of halogens is 2. The van der Waals surface area contributed by atoms with Gasteiger partial charge in [-0.05, 0) is 0 Å². The molecule has 0 fully saturated rings. The van der Waals surface area contributed by atoms with E-state index >= 15 is 0 Å². The summed E-state index contributed by atoms with van der Waals surface area (Å²) in [4.78, 5) is 0. The Labute approximate surface area is 383 Å². The van der Waals surface area contributed by atoms with Crippen LogP contribution in [0.3, 0.4) is 0 Å². The van der Waals surface area contributed by atoms with Crippen molar-refractivity contribution in [3.8, 4) is 33.4 Å². The first-order valence-electron chi connectivity index (χ1n) is 23.6. The van der Waals surface area contributed by atoms with E-state index in [0.29, 0.717) is 11.8 Å². The molecular formula is C58H63Cl2SiZr. The van der Waals surface area contributed by atoms with Crippen molar-refractivity contribution in [2.75, 3.05) is 0 Å². The maximum atomic E-state index is 9.53. The van der Waals surface area contributed by atoms with Gasteiger partial charge in [-0.2, -0.15) is 0 Å². The molecule has 0 radical (unpaired) electrons. The van der Waals surface area contributed by atoms with Crippen molar-refractivity contribution in [1.82, 2.24) is 0 Å². The molecule has 1 aliphatic heterocycles. The number of allylic oxidation sites excluding steroid dienone is 2. The van der Waals surface area contributed by atoms with E-state index < -0.39 is 25.9 Å². The second-order valence-corrected chi connectivity index (χ2v) is 41.9. The molecule has 2 aliphatic carbocycles. The summed E-state index contributed by atoms with van der Waals surface area (Å²) >= 11 is -5.71. The second-order valence-electron chi connectivity index (χ2n) is 19.5. The summed E-state index contributed by atoms with van der Waals surface area (Å²) in [6.07, 6.45) is 13.9. The van der Waals surface area contributed by atoms with Crippen LogP contribution in [-0.2, 0) is 29.2 Å². The standard InChI is InChI=1S/2C23H27.C12H9Si.2ClH.Zr/c2*1-4-5-9-20-12-13-21-15-18(14-17(2)3)16-22(21)23(20)19-10-7-6-8-11-19;1-3-7-11-9(5-1)10-6-2-4-8-12(10)13-11;;;/h2*6-8,10-13,15-17H,4-5,9,14H2,1-3H3;1-7H,13H2;2*1H;/q;;;;;+2/p-2. The Bertz CT molecular complexity index is 2550. The minimum atomic E-state index is -5.71. The molecule has 0 nitrogen and oxygen atoms in total. The average Bonchev–Trinajstić information content (AvgIpc) is 3.96. The van der Waals surface area contributed by atoms with Crippen molar-refractivity contribution >= 4 is 52.3 Å². The van der Waals surface area contributed by atoms with Crippen LogP contribution >= 0.6 is 17.0 Å². The fourth-order valence-electron chi connectivity index (χ4n) is 11.8. The molecule has 3 aliphatic rings. The maximum absolute atomic E-state index is 9.53. The van der Waals surface area contributed by atoms with Crippen LogP contribution in [0.4, 0.5) is 0 Å². The van der Waals surface area contributed by atoms with Gasteiger partial charge in [-0.3, -0.25) is 0 Å². The van der Waals surface area contributed by atoms with E-state index in [0.717, 1.165) is 51.4 Å². The van der Waals surface area contributed by atoms with Crippen LogP contribution in [0, 0.1) is 11.8 Å². The summed E-state index contributed by atoms with van der Waals surface area (Å²) in [6.45, 7) is 14.1. The molecule has 1 heterocycles. The molecule has 317 valence electrons. The van der Waals surface area contributed by atoms with Gasteiger partial charge in [-0.25, -0.2) is 0 Å². The number of unbranched alkanes of at least 4 members (excludes halogenated alkanes) is 2. The number of fused-ring (bicyclic) bond motifs is 5. The molecular weight excluding hydrogens is 887 g/mol. The molecule has 6 aromatic carbocycles. The number of aryl methyl sites for hydroxylation is 2. The van der Waals surface area contributed by atoms with Gasteiger partial charge in [-0.1, -0.05) is 0 Å². The van der Waals surface area contributed by atoms with Crippen molar-refractivity contribution in [3.63, 3.8) is 0 Å². The molecule has 62 heavy (non-hydrogen) atoms. The Morgan fingerprint density at radius 1 is 0.532 bits per heavy atom. The van der Waals surface area contributed by atoms with E-state index in [2.05, 4.69) is 181 Å². The monoisotopic (exact) mass is 947 g/mol. The number of benzene rings is 6. The molecule has 4 heteroatoms. The van der Waals surface area contributed by atoms with Gasteiger partial charge in [0, 0.05) is 0 Å². The fraction of sp³-hybridized carbons (Fsp3) is 0.310. The summed E-state index contributed by atoms with van der Waals surface area (Å²) in [5.74, 6) is 0.885. The molecule has 2 atom stereocenters. The molecule has 0 spiro atoms. The van der Waals surface area contributed by atoms with Crippen molar-refractivity contribution in [3.05, 3.63) is 172 Å². The first kappa shape index (κ1) is 43.7. The summed E-state index contributed by atoms with van der Waals surface area (Å²) in [6, 6.07) is 48.5. The number of rotatable bonds is 15. The van der Waals surface area contributed by atoms with E-state index in [1.165, 1.54) is 91.6 Å². The Balaban J connectivity index is 1.39. The second kappa shape index (κ2) is 17.8. The van der Waals surface area contributed by atoms with Gasteiger partial charge >= 0.3 is 386 Å². The van der Waals surface area contributed by atoms with Gasteiger partial charge in [0.15, 0.2) is 0 Å². The normalized spacial score (nSPS) is 17.4. The molecule has 9 rings (SSSR count). The van der Waals surface area contributed by atoms with Crippen LogP contribution in [0.2, 0.25) is 0 Å². The van der Waals surface area contributed by atoms with E-state index in [1.807, 2.05) is 0 Å². The Kier molecular flexibility index (Phi) is 12.6. The fourth-order valence-corrected chi connectivity index (χ4v) is 39.6. The van der Waals surface area contributed by atoms with Gasteiger partial charge in [0.05, 0.1) is 0 Å². The topological polar surface area (TPSA) is 0 Å². The Morgan fingerprint density at radius 2 is 1.00 bits per heavy atom. The summed E-state index contributed by atoms with van der Waals surface area (Å²) in [7, 11) is 18.2. The van der Waals surface area contributed by atoms with Crippen LogP contribution in [-0.4, -0.2) is 9.52 Å². The van der Waals surface area contributed by atoms with E-state index in [4.69, 9.17) is 0 Å². The minimum absolute atomic E-state index is 0.0875. The molecule has 0 bridgehead atoms. The van der Waals surface area contributed by atoms with Gasteiger partial charge in [-0.15, -0.1) is 0 Å². The zero-order valence-electron chi connectivity index (χ0n) is 37.7. The molecule has 0 N–H and O–H groups in total. The molecule has 2 unspecified atom stereocenters. The predicted octanol–water partition coefficient (Wildman–Crippen LogP) is 14.8. The first-order chi connectivity index (χ1) is 30.0. The van der Waals surface area contributed by atoms with Gasteiger partial charge in [0.25, 0.3) is 0 Å². The summed E-state index contributed by atoms with van der Waals surface area (Å²) < 4.78 is 1.15. The molecule has 0 aromatic heterocycles. The van der Waals surface area contributed by atoms with Gasteiger partial charge in [0.1, 0.15) is 0 Å². The van der Waals surface area contributed by atoms with Crippen LogP contribution in [0.5, 0.6) is 0 Å². The zero-order chi connectivity index (χ0) is 43.2. The summed E-state index contributed by atoms with van der Waals surface area (Å²) in [5.41, 5.74) is 19.2. The molecule has 0 saturated carbocycles. The van der Waals surface area contributed by atoms with Crippen LogP contribution in [0.15, 0.2) is 139 Å². The predicted molar refractivity (Wildman–Crippen MR) is 272 cm³/mol. The quantitative estimate of drug-likeness (QED) is 0.0899. The van der Waals surface area contributed by atoms with Crippen LogP contribution < -0.4 is 13.6 Å². The van der Waals surface area contributed by atoms with Gasteiger partial charge < -0.3 is 0 Å². The van der Waals surface area contributed by atoms with Crippen LogP contribution in [0.1, 0.15) is 121 Å². The molecule has 6 aromatic rings. The van der Waals surface area contributed by atoms with Crippen LogP contribution in [0.25, 0.3) is 45.5 Å². The van der Waals surface area contributed by atoms with Crippen molar-refractivity contribution in [2.45, 2.75) is 100 Å². The molecule has 0 amide bonds. The third kappa shape index (κ3) is 7.58. The first-order valence-corrected chi connectivity index (χ1v) is 35.5. The van der Waals surface area contributed by atoms with Crippen molar-refractivity contribution in [1.29, 1.82) is 0 Å². The zero-order valence-corrected chi connectivity index (χ0v) is 43.1. The number of hydrogen-bond donors (Lipinski definition) is 0. The summed E-state index contributed by atoms with van der Waals surface area (Å²) in [5, 5.41) is 3.00. The molecule has 0 saturated heterocycles.